The van der Waals surface area contributed by atoms with Crippen LogP contribution in [0.15, 0.2) is 27.9 Å². The zero-order chi connectivity index (χ0) is 10.8. The highest BCUT2D eigenvalue weighted by atomic mass is 32.2. The largest absolute Gasteiger partial charge is 0.472 e. The lowest BCUT2D eigenvalue weighted by Crippen LogP contribution is -2.27. The fourth-order valence-electron chi connectivity index (χ4n) is 1.28. The molecule has 1 fully saturated rings. The van der Waals surface area contributed by atoms with Gasteiger partial charge in [0.25, 0.3) is 5.91 Å². The summed E-state index contributed by atoms with van der Waals surface area (Å²) in [4.78, 5) is 14.0. The van der Waals surface area contributed by atoms with Crippen LogP contribution in [-0.4, -0.2) is 21.7 Å². The van der Waals surface area contributed by atoms with Crippen LogP contribution in [0, 0.1) is 0 Å². The van der Waals surface area contributed by atoms with Crippen molar-refractivity contribution in [2.45, 2.75) is 6.92 Å². The van der Waals surface area contributed by atoms with E-state index in [0.29, 0.717) is 15.8 Å². The third kappa shape index (κ3) is 1.98. The van der Waals surface area contributed by atoms with Gasteiger partial charge < -0.3 is 4.42 Å². The molecule has 0 radical (unpaired) electrons. The number of thioether (sulfide) groups is 1. The molecule has 0 N–H and O–H groups in total. The molecule has 0 unspecified atom stereocenters. The van der Waals surface area contributed by atoms with Gasteiger partial charge >= 0.3 is 0 Å². The Bertz CT molecular complexity index is 423. The molecule has 78 valence electrons. The maximum absolute atomic E-state index is 11.8. The minimum Gasteiger partial charge on any atom is -0.472 e. The molecule has 1 aromatic rings. The fourth-order valence-corrected chi connectivity index (χ4v) is 2.67. The van der Waals surface area contributed by atoms with Gasteiger partial charge in [0.2, 0.25) is 0 Å². The average molecular weight is 239 g/mol. The van der Waals surface area contributed by atoms with Crippen molar-refractivity contribution >= 4 is 40.3 Å². The summed E-state index contributed by atoms with van der Waals surface area (Å²) in [6, 6.07) is 1.80. The van der Waals surface area contributed by atoms with Gasteiger partial charge in [-0.3, -0.25) is 9.69 Å². The highest BCUT2D eigenvalue weighted by Crippen LogP contribution is 2.32. The highest BCUT2D eigenvalue weighted by molar-refractivity contribution is 8.26. The van der Waals surface area contributed by atoms with Crippen LogP contribution in [0.25, 0.3) is 6.08 Å². The minimum absolute atomic E-state index is 0.0197. The summed E-state index contributed by atoms with van der Waals surface area (Å²) in [5, 5.41) is 0. The second-order valence-electron chi connectivity index (χ2n) is 2.98. The van der Waals surface area contributed by atoms with Crippen LogP contribution in [0.5, 0.6) is 0 Å². The lowest BCUT2D eigenvalue weighted by molar-refractivity contribution is -0.121. The van der Waals surface area contributed by atoms with Crippen LogP contribution in [0.2, 0.25) is 0 Å². The van der Waals surface area contributed by atoms with Crippen molar-refractivity contribution < 1.29 is 9.21 Å². The normalized spacial score (nSPS) is 19.3. The van der Waals surface area contributed by atoms with E-state index in [1.807, 2.05) is 6.92 Å². The second kappa shape index (κ2) is 4.20. The molecule has 0 atom stereocenters. The highest BCUT2D eigenvalue weighted by Gasteiger charge is 2.30. The fraction of sp³-hybridized carbons (Fsp3) is 0.200. The number of amides is 1. The van der Waals surface area contributed by atoms with Gasteiger partial charge in [-0.25, -0.2) is 0 Å². The van der Waals surface area contributed by atoms with Crippen LogP contribution >= 0.6 is 24.0 Å². The van der Waals surface area contributed by atoms with E-state index in [9.17, 15) is 4.79 Å². The number of carbonyl (C=O) groups is 1. The number of likely N-dealkylation sites (N-methyl/N-ethyl adjacent to an activating group) is 1. The van der Waals surface area contributed by atoms with Crippen molar-refractivity contribution in [3.8, 4) is 0 Å². The quantitative estimate of drug-likeness (QED) is 0.586. The van der Waals surface area contributed by atoms with Gasteiger partial charge in [-0.05, 0) is 19.1 Å². The summed E-state index contributed by atoms with van der Waals surface area (Å²) < 4.78 is 5.55. The molecule has 1 saturated heterocycles. The molecule has 0 saturated carbocycles. The third-order valence-electron chi connectivity index (χ3n) is 2.03. The Morgan fingerprint density at radius 2 is 2.47 bits per heavy atom. The second-order valence-corrected chi connectivity index (χ2v) is 4.66. The number of thiocarbonyl (C=S) groups is 1. The lowest BCUT2D eigenvalue weighted by Gasteiger charge is -2.09. The minimum atomic E-state index is -0.0197. The van der Waals surface area contributed by atoms with Gasteiger partial charge in [0.15, 0.2) is 0 Å². The van der Waals surface area contributed by atoms with Crippen LogP contribution < -0.4 is 0 Å². The van der Waals surface area contributed by atoms with Crippen molar-refractivity contribution in [2.75, 3.05) is 6.54 Å². The van der Waals surface area contributed by atoms with Crippen LogP contribution in [-0.2, 0) is 4.79 Å². The molecular formula is C10H9NO2S2. The van der Waals surface area contributed by atoms with Gasteiger partial charge in [-0.15, -0.1) is 0 Å². The molecule has 2 rings (SSSR count). The molecule has 15 heavy (non-hydrogen) atoms. The molecule has 1 aromatic heterocycles. The average Bonchev–Trinajstić information content (AvgIpc) is 2.78. The van der Waals surface area contributed by atoms with E-state index in [-0.39, 0.29) is 5.91 Å². The van der Waals surface area contributed by atoms with Crippen LogP contribution in [0.3, 0.4) is 0 Å². The van der Waals surface area contributed by atoms with E-state index >= 15 is 0 Å². The van der Waals surface area contributed by atoms with Crippen molar-refractivity contribution in [2.24, 2.45) is 0 Å². The molecule has 1 aliphatic heterocycles. The van der Waals surface area contributed by atoms with Crippen molar-refractivity contribution in [3.63, 3.8) is 0 Å². The standard InChI is InChI=1S/C10H9NO2S2/c1-2-11-9(12)8(15-10(11)14)5-7-3-4-13-6-7/h3-6H,2H2,1H3/b8-5-. The summed E-state index contributed by atoms with van der Waals surface area (Å²) >= 11 is 6.43. The van der Waals surface area contributed by atoms with Gasteiger partial charge in [-0.2, -0.15) is 0 Å². The number of furan rings is 1. The third-order valence-corrected chi connectivity index (χ3v) is 3.41. The summed E-state index contributed by atoms with van der Waals surface area (Å²) in [7, 11) is 0. The first-order valence-corrected chi connectivity index (χ1v) is 5.72. The van der Waals surface area contributed by atoms with Gasteiger partial charge in [0.1, 0.15) is 4.32 Å². The lowest BCUT2D eigenvalue weighted by atomic mass is 10.3. The maximum Gasteiger partial charge on any atom is 0.266 e. The van der Waals surface area contributed by atoms with Gasteiger partial charge in [-0.1, -0.05) is 24.0 Å². The molecule has 0 aliphatic carbocycles. The van der Waals surface area contributed by atoms with E-state index in [0.717, 1.165) is 5.56 Å². The zero-order valence-electron chi connectivity index (χ0n) is 8.10. The Morgan fingerprint density at radius 3 is 3.00 bits per heavy atom. The monoisotopic (exact) mass is 239 g/mol. The van der Waals surface area contributed by atoms with E-state index in [1.165, 1.54) is 11.8 Å². The molecule has 5 heteroatoms. The molecule has 0 aromatic carbocycles. The summed E-state index contributed by atoms with van der Waals surface area (Å²) in [5.41, 5.74) is 0.881. The maximum atomic E-state index is 11.8. The zero-order valence-corrected chi connectivity index (χ0v) is 9.73. The first-order valence-electron chi connectivity index (χ1n) is 4.50. The molecule has 3 nitrogen and oxygen atoms in total. The summed E-state index contributed by atoms with van der Waals surface area (Å²) in [5.74, 6) is -0.0197. The Kier molecular flexibility index (Phi) is 2.93. The number of rotatable bonds is 2. The van der Waals surface area contributed by atoms with E-state index in [1.54, 1.807) is 29.6 Å². The van der Waals surface area contributed by atoms with Crippen molar-refractivity contribution in [1.29, 1.82) is 0 Å². The van der Waals surface area contributed by atoms with Gasteiger partial charge in [0, 0.05) is 12.1 Å². The first-order chi connectivity index (χ1) is 7.22. The number of hydrogen-bond donors (Lipinski definition) is 0. The predicted octanol–water partition coefficient (Wildman–Crippen LogP) is 2.50. The van der Waals surface area contributed by atoms with Crippen LogP contribution in [0.4, 0.5) is 0 Å². The first kappa shape index (κ1) is 10.4. The Balaban J connectivity index is 2.26. The summed E-state index contributed by atoms with van der Waals surface area (Å²) in [6.45, 7) is 2.53. The molecular weight excluding hydrogens is 230 g/mol. The molecule has 2 heterocycles. The number of carbonyl (C=O) groups excluding carboxylic acids is 1. The predicted molar refractivity (Wildman–Crippen MR) is 64.3 cm³/mol. The van der Waals surface area contributed by atoms with E-state index in [2.05, 4.69) is 0 Å². The number of nitrogens with zero attached hydrogens (tertiary/aromatic N) is 1. The molecule has 0 bridgehead atoms. The molecule has 1 amide bonds. The summed E-state index contributed by atoms with van der Waals surface area (Å²) in [6.07, 6.45) is 4.96. The van der Waals surface area contributed by atoms with E-state index in [4.69, 9.17) is 16.6 Å². The van der Waals surface area contributed by atoms with Gasteiger partial charge in [0.05, 0.1) is 17.4 Å². The Morgan fingerprint density at radius 1 is 1.67 bits per heavy atom. The Labute approximate surface area is 97.1 Å². The van der Waals surface area contributed by atoms with Crippen LogP contribution in [0.1, 0.15) is 12.5 Å². The topological polar surface area (TPSA) is 33.5 Å². The smallest absolute Gasteiger partial charge is 0.266 e. The SMILES string of the molecule is CCN1C(=O)/C(=C/c2ccoc2)SC1=S. The molecule has 1 aliphatic rings. The number of hydrogen-bond acceptors (Lipinski definition) is 4. The Hall–Kier alpha value is -1.07. The van der Waals surface area contributed by atoms with Crippen molar-refractivity contribution in [3.05, 3.63) is 29.1 Å². The van der Waals surface area contributed by atoms with Crippen molar-refractivity contribution in [1.82, 2.24) is 4.90 Å². The molecule has 0 spiro atoms. The van der Waals surface area contributed by atoms with E-state index < -0.39 is 0 Å².